The average molecular weight is 422 g/mol. The van der Waals surface area contributed by atoms with Gasteiger partial charge in [-0.25, -0.2) is 4.98 Å². The number of benzene rings is 1. The predicted molar refractivity (Wildman–Crippen MR) is 112 cm³/mol. The van der Waals surface area contributed by atoms with E-state index in [4.69, 9.17) is 4.42 Å². The molecule has 1 aromatic carbocycles. The summed E-state index contributed by atoms with van der Waals surface area (Å²) in [7, 11) is 0. The lowest BCUT2D eigenvalue weighted by atomic mass is 10.2. The largest absolute Gasteiger partial charge is 0.463 e. The zero-order valence-corrected chi connectivity index (χ0v) is 16.8. The summed E-state index contributed by atoms with van der Waals surface area (Å²) in [6, 6.07) is 13.3. The van der Waals surface area contributed by atoms with Gasteiger partial charge in [0.25, 0.3) is 0 Å². The highest BCUT2D eigenvalue weighted by Crippen LogP contribution is 2.27. The van der Waals surface area contributed by atoms with Crippen LogP contribution in [-0.4, -0.2) is 36.5 Å². The summed E-state index contributed by atoms with van der Waals surface area (Å²) in [5.41, 5.74) is 3.31. The highest BCUT2D eigenvalue weighted by Gasteiger charge is 2.14. The molecule has 0 aliphatic carbocycles. The quantitative estimate of drug-likeness (QED) is 0.427. The zero-order valence-electron chi connectivity index (χ0n) is 15.2. The molecule has 4 aromatic heterocycles. The number of thiazole rings is 1. The summed E-state index contributed by atoms with van der Waals surface area (Å²) in [6.45, 7) is 2.03. The van der Waals surface area contributed by atoms with Crippen molar-refractivity contribution < 1.29 is 9.21 Å². The number of fused-ring (bicyclic) bond motifs is 2. The number of hydrogen-bond acceptors (Lipinski definition) is 8. The van der Waals surface area contributed by atoms with Gasteiger partial charge < -0.3 is 9.73 Å². The van der Waals surface area contributed by atoms with E-state index in [-0.39, 0.29) is 11.7 Å². The van der Waals surface area contributed by atoms with Crippen molar-refractivity contribution in [3.05, 3.63) is 54.3 Å². The minimum atomic E-state index is -0.162. The van der Waals surface area contributed by atoms with Crippen molar-refractivity contribution in [1.29, 1.82) is 0 Å². The number of nitrogens with zero attached hydrogens (tertiary/aromatic N) is 5. The second-order valence-corrected chi connectivity index (χ2v) is 8.25. The van der Waals surface area contributed by atoms with Crippen LogP contribution in [0.1, 0.15) is 5.56 Å². The summed E-state index contributed by atoms with van der Waals surface area (Å²) < 4.78 is 8.04. The van der Waals surface area contributed by atoms with Gasteiger partial charge in [-0.15, -0.1) is 10.2 Å². The van der Waals surface area contributed by atoms with Gasteiger partial charge in [0.15, 0.2) is 16.5 Å². The number of aryl methyl sites for hydroxylation is 1. The SMILES string of the molecule is Cc1ccc2nc(NC(=O)CSc3nnc4ccc(-c5ccco5)nn34)sc2c1. The Morgan fingerprint density at radius 3 is 3.03 bits per heavy atom. The molecule has 1 N–H and O–H groups in total. The number of anilines is 1. The summed E-state index contributed by atoms with van der Waals surface area (Å²) in [4.78, 5) is 16.8. The highest BCUT2D eigenvalue weighted by atomic mass is 32.2. The van der Waals surface area contributed by atoms with Crippen molar-refractivity contribution in [3.63, 3.8) is 0 Å². The number of furan rings is 1. The fourth-order valence-electron chi connectivity index (χ4n) is 2.79. The van der Waals surface area contributed by atoms with Gasteiger partial charge in [0.2, 0.25) is 11.1 Å². The molecule has 29 heavy (non-hydrogen) atoms. The van der Waals surface area contributed by atoms with Gasteiger partial charge in [0, 0.05) is 0 Å². The highest BCUT2D eigenvalue weighted by molar-refractivity contribution is 7.99. The molecule has 0 aliphatic rings. The van der Waals surface area contributed by atoms with Gasteiger partial charge >= 0.3 is 0 Å². The van der Waals surface area contributed by atoms with E-state index in [0.717, 1.165) is 15.8 Å². The first-order chi connectivity index (χ1) is 14.2. The van der Waals surface area contributed by atoms with Crippen molar-refractivity contribution >= 4 is 50.0 Å². The molecule has 0 aliphatic heterocycles. The minimum absolute atomic E-state index is 0.162. The maximum atomic E-state index is 12.4. The number of thioether (sulfide) groups is 1. The first-order valence-corrected chi connectivity index (χ1v) is 10.5. The Balaban J connectivity index is 1.30. The number of amides is 1. The number of rotatable bonds is 5. The van der Waals surface area contributed by atoms with Crippen molar-refractivity contribution in [3.8, 4) is 11.5 Å². The lowest BCUT2D eigenvalue weighted by Crippen LogP contribution is -2.14. The van der Waals surface area contributed by atoms with Crippen LogP contribution >= 0.6 is 23.1 Å². The van der Waals surface area contributed by atoms with E-state index in [1.165, 1.54) is 23.1 Å². The Morgan fingerprint density at radius 2 is 2.17 bits per heavy atom. The van der Waals surface area contributed by atoms with Crippen LogP contribution in [-0.2, 0) is 4.79 Å². The average Bonchev–Trinajstić information content (AvgIpc) is 3.45. The maximum absolute atomic E-state index is 12.4. The Hall–Kier alpha value is -3.24. The molecule has 0 bridgehead atoms. The standard InChI is InChI=1S/C19H14N6O2S2/c1-11-4-5-13-15(9-11)29-18(20-13)21-17(26)10-28-19-23-22-16-7-6-12(24-25(16)19)14-3-2-8-27-14/h2-9H,10H2,1H3,(H,20,21,26). The van der Waals surface area contributed by atoms with Gasteiger partial charge in [-0.2, -0.15) is 9.61 Å². The van der Waals surface area contributed by atoms with Crippen LogP contribution in [0.5, 0.6) is 0 Å². The van der Waals surface area contributed by atoms with Gasteiger partial charge in [0.05, 0.1) is 22.2 Å². The number of aromatic nitrogens is 5. The second-order valence-electron chi connectivity index (χ2n) is 6.28. The molecule has 0 spiro atoms. The van der Waals surface area contributed by atoms with E-state index >= 15 is 0 Å². The molecule has 1 amide bonds. The van der Waals surface area contributed by atoms with E-state index in [2.05, 4.69) is 31.7 Å². The topological polar surface area (TPSA) is 98.2 Å². The third-order valence-electron chi connectivity index (χ3n) is 4.13. The summed E-state index contributed by atoms with van der Waals surface area (Å²) in [5.74, 6) is 0.660. The predicted octanol–water partition coefficient (Wildman–Crippen LogP) is 4.03. The van der Waals surface area contributed by atoms with Crippen LogP contribution in [0, 0.1) is 6.92 Å². The normalized spacial score (nSPS) is 11.3. The van der Waals surface area contributed by atoms with Crippen LogP contribution in [0.25, 0.3) is 27.3 Å². The molecule has 0 unspecified atom stereocenters. The van der Waals surface area contributed by atoms with Crippen LogP contribution in [0.3, 0.4) is 0 Å². The van der Waals surface area contributed by atoms with E-state index in [1.54, 1.807) is 16.8 Å². The number of hydrogen-bond donors (Lipinski definition) is 1. The second kappa shape index (κ2) is 7.30. The Bertz CT molecular complexity index is 1330. The Kier molecular flexibility index (Phi) is 4.49. The molecular weight excluding hydrogens is 408 g/mol. The lowest BCUT2D eigenvalue weighted by molar-refractivity contribution is -0.113. The molecule has 0 saturated carbocycles. The lowest BCUT2D eigenvalue weighted by Gasteiger charge is -2.02. The number of carbonyl (C=O) groups is 1. The van der Waals surface area contributed by atoms with Crippen molar-refractivity contribution in [2.75, 3.05) is 11.1 Å². The molecule has 0 atom stereocenters. The number of carbonyl (C=O) groups excluding carboxylic acids is 1. The first kappa shape index (κ1) is 17.8. The molecule has 10 heteroatoms. The smallest absolute Gasteiger partial charge is 0.236 e. The Labute approximate surface area is 173 Å². The molecule has 0 saturated heterocycles. The Morgan fingerprint density at radius 1 is 1.24 bits per heavy atom. The summed E-state index contributed by atoms with van der Waals surface area (Å²) >= 11 is 2.72. The van der Waals surface area contributed by atoms with Crippen LogP contribution in [0.15, 0.2) is 58.3 Å². The van der Waals surface area contributed by atoms with Crippen LogP contribution < -0.4 is 5.32 Å². The van der Waals surface area contributed by atoms with E-state index < -0.39 is 0 Å². The van der Waals surface area contributed by atoms with E-state index in [9.17, 15) is 4.79 Å². The monoisotopic (exact) mass is 422 g/mol. The van der Waals surface area contributed by atoms with E-state index in [1.807, 2.05) is 37.3 Å². The molecule has 5 aromatic rings. The van der Waals surface area contributed by atoms with Crippen LogP contribution in [0.4, 0.5) is 5.13 Å². The molecule has 144 valence electrons. The van der Waals surface area contributed by atoms with Crippen LogP contribution in [0.2, 0.25) is 0 Å². The fraction of sp³-hybridized carbons (Fsp3) is 0.105. The van der Waals surface area contributed by atoms with E-state index in [0.29, 0.717) is 27.4 Å². The minimum Gasteiger partial charge on any atom is -0.463 e. The summed E-state index contributed by atoms with van der Waals surface area (Å²) in [5, 5.41) is 16.7. The molecular formula is C19H14N6O2S2. The van der Waals surface area contributed by atoms with Gasteiger partial charge in [-0.1, -0.05) is 29.2 Å². The molecule has 8 nitrogen and oxygen atoms in total. The van der Waals surface area contributed by atoms with Gasteiger partial charge in [-0.3, -0.25) is 4.79 Å². The first-order valence-electron chi connectivity index (χ1n) is 8.72. The zero-order chi connectivity index (χ0) is 19.8. The van der Waals surface area contributed by atoms with Gasteiger partial charge in [0.1, 0.15) is 5.69 Å². The summed E-state index contributed by atoms with van der Waals surface area (Å²) in [6.07, 6.45) is 1.59. The number of nitrogens with one attached hydrogen (secondary N) is 1. The molecule has 4 heterocycles. The maximum Gasteiger partial charge on any atom is 0.236 e. The van der Waals surface area contributed by atoms with Crippen molar-refractivity contribution in [2.24, 2.45) is 0 Å². The fourth-order valence-corrected chi connectivity index (χ4v) is 4.45. The van der Waals surface area contributed by atoms with Crippen molar-refractivity contribution in [2.45, 2.75) is 12.1 Å². The molecule has 5 rings (SSSR count). The molecule has 0 radical (unpaired) electrons. The third-order valence-corrected chi connectivity index (χ3v) is 5.98. The molecule has 0 fully saturated rings. The van der Waals surface area contributed by atoms with Crippen molar-refractivity contribution in [1.82, 2.24) is 24.8 Å². The van der Waals surface area contributed by atoms with Gasteiger partial charge in [-0.05, 0) is 48.9 Å². The third kappa shape index (κ3) is 3.59.